The van der Waals surface area contributed by atoms with Gasteiger partial charge in [-0.25, -0.2) is 0 Å². The van der Waals surface area contributed by atoms with Crippen molar-refractivity contribution in [2.24, 2.45) is 0 Å². The minimum Gasteiger partial charge on any atom is -0.380 e. The first-order chi connectivity index (χ1) is 6.29. The fraction of sp³-hybridized carbons (Fsp3) is 1.00. The molecule has 2 saturated heterocycles. The molecule has 0 spiro atoms. The quantitative estimate of drug-likeness (QED) is 0.640. The molecule has 2 heterocycles. The van der Waals surface area contributed by atoms with E-state index in [4.69, 9.17) is 4.74 Å². The Labute approximate surface area is 80.4 Å². The normalized spacial score (nSPS) is 42.5. The third kappa shape index (κ3) is 1.87. The summed E-state index contributed by atoms with van der Waals surface area (Å²) < 4.78 is 5.43. The number of ether oxygens (including phenoxy) is 1. The maximum atomic E-state index is 5.43. The molecule has 0 saturated carbocycles. The highest BCUT2D eigenvalue weighted by Crippen LogP contribution is 2.18. The average Bonchev–Trinajstić information content (AvgIpc) is 2.62. The number of rotatable bonds is 1. The maximum Gasteiger partial charge on any atom is 0.0622 e. The van der Waals surface area contributed by atoms with E-state index in [2.05, 4.69) is 24.1 Å². The SMILES string of the molecule is CC1NCCN(C2CCOC2)C1C. The smallest absolute Gasteiger partial charge is 0.0622 e. The lowest BCUT2D eigenvalue weighted by Gasteiger charge is -2.41. The van der Waals surface area contributed by atoms with Gasteiger partial charge in [0, 0.05) is 37.8 Å². The second kappa shape index (κ2) is 3.95. The summed E-state index contributed by atoms with van der Waals surface area (Å²) >= 11 is 0. The van der Waals surface area contributed by atoms with Gasteiger partial charge in [-0.15, -0.1) is 0 Å². The Bertz CT molecular complexity index is 166. The number of hydrogen-bond acceptors (Lipinski definition) is 3. The van der Waals surface area contributed by atoms with E-state index in [1.54, 1.807) is 0 Å². The van der Waals surface area contributed by atoms with Crippen LogP contribution in [0.25, 0.3) is 0 Å². The molecule has 0 aromatic heterocycles. The maximum absolute atomic E-state index is 5.43. The molecule has 2 rings (SSSR count). The molecule has 3 unspecified atom stereocenters. The molecule has 0 amide bonds. The van der Waals surface area contributed by atoms with E-state index in [1.165, 1.54) is 13.0 Å². The van der Waals surface area contributed by atoms with E-state index in [0.717, 1.165) is 19.8 Å². The minimum atomic E-state index is 0.620. The topological polar surface area (TPSA) is 24.5 Å². The predicted molar refractivity (Wildman–Crippen MR) is 52.9 cm³/mol. The minimum absolute atomic E-state index is 0.620. The zero-order chi connectivity index (χ0) is 9.26. The van der Waals surface area contributed by atoms with Crippen molar-refractivity contribution in [1.82, 2.24) is 10.2 Å². The molecule has 2 fully saturated rings. The molecular weight excluding hydrogens is 164 g/mol. The van der Waals surface area contributed by atoms with Crippen molar-refractivity contribution >= 4 is 0 Å². The van der Waals surface area contributed by atoms with Gasteiger partial charge in [-0.05, 0) is 20.3 Å². The van der Waals surface area contributed by atoms with Gasteiger partial charge < -0.3 is 10.1 Å². The van der Waals surface area contributed by atoms with Crippen LogP contribution in [-0.4, -0.2) is 49.3 Å². The highest BCUT2D eigenvalue weighted by atomic mass is 16.5. The molecule has 13 heavy (non-hydrogen) atoms. The van der Waals surface area contributed by atoms with Crippen molar-refractivity contribution in [3.8, 4) is 0 Å². The summed E-state index contributed by atoms with van der Waals surface area (Å²) in [6.45, 7) is 8.79. The van der Waals surface area contributed by atoms with Crippen LogP contribution < -0.4 is 5.32 Å². The first kappa shape index (κ1) is 9.44. The molecule has 0 bridgehead atoms. The lowest BCUT2D eigenvalue weighted by molar-refractivity contribution is 0.0763. The zero-order valence-electron chi connectivity index (χ0n) is 8.62. The first-order valence-corrected chi connectivity index (χ1v) is 5.36. The van der Waals surface area contributed by atoms with Gasteiger partial charge in [0.05, 0.1) is 6.61 Å². The summed E-state index contributed by atoms with van der Waals surface area (Å²) in [5, 5.41) is 3.50. The van der Waals surface area contributed by atoms with Crippen LogP contribution in [0.4, 0.5) is 0 Å². The standard InChI is InChI=1S/C10H20N2O/c1-8-9(2)12(5-4-11-8)10-3-6-13-7-10/h8-11H,3-7H2,1-2H3. The summed E-state index contributed by atoms with van der Waals surface area (Å²) in [5.74, 6) is 0. The summed E-state index contributed by atoms with van der Waals surface area (Å²) in [4.78, 5) is 2.61. The van der Waals surface area contributed by atoms with E-state index >= 15 is 0 Å². The Morgan fingerprint density at radius 1 is 1.38 bits per heavy atom. The van der Waals surface area contributed by atoms with E-state index in [9.17, 15) is 0 Å². The van der Waals surface area contributed by atoms with Gasteiger partial charge in [-0.1, -0.05) is 0 Å². The molecule has 76 valence electrons. The summed E-state index contributed by atoms with van der Waals surface area (Å²) in [6, 6.07) is 1.95. The average molecular weight is 184 g/mol. The number of nitrogens with zero attached hydrogens (tertiary/aromatic N) is 1. The second-order valence-corrected chi connectivity index (χ2v) is 4.24. The molecule has 2 aliphatic heterocycles. The Morgan fingerprint density at radius 3 is 2.92 bits per heavy atom. The van der Waals surface area contributed by atoms with E-state index < -0.39 is 0 Å². The van der Waals surface area contributed by atoms with Gasteiger partial charge in [-0.3, -0.25) is 4.90 Å². The largest absolute Gasteiger partial charge is 0.380 e. The Kier molecular flexibility index (Phi) is 2.86. The number of hydrogen-bond donors (Lipinski definition) is 1. The van der Waals surface area contributed by atoms with Gasteiger partial charge in [-0.2, -0.15) is 0 Å². The van der Waals surface area contributed by atoms with Gasteiger partial charge in [0.1, 0.15) is 0 Å². The predicted octanol–water partition coefficient (Wildman–Crippen LogP) is 0.457. The van der Waals surface area contributed by atoms with Crippen molar-refractivity contribution in [2.45, 2.75) is 38.4 Å². The van der Waals surface area contributed by atoms with E-state index in [0.29, 0.717) is 18.1 Å². The third-order valence-corrected chi connectivity index (χ3v) is 3.46. The molecule has 0 aromatic rings. The highest BCUT2D eigenvalue weighted by Gasteiger charge is 2.31. The van der Waals surface area contributed by atoms with Crippen LogP contribution in [0.1, 0.15) is 20.3 Å². The van der Waals surface area contributed by atoms with Crippen LogP contribution in [0.15, 0.2) is 0 Å². The fourth-order valence-electron chi connectivity index (χ4n) is 2.38. The van der Waals surface area contributed by atoms with Crippen molar-refractivity contribution in [3.63, 3.8) is 0 Å². The third-order valence-electron chi connectivity index (χ3n) is 3.46. The molecule has 0 aliphatic carbocycles. The van der Waals surface area contributed by atoms with Gasteiger partial charge in [0.2, 0.25) is 0 Å². The fourth-order valence-corrected chi connectivity index (χ4v) is 2.38. The van der Waals surface area contributed by atoms with Crippen LogP contribution in [0.2, 0.25) is 0 Å². The molecular formula is C10H20N2O. The molecule has 1 N–H and O–H groups in total. The molecule has 0 radical (unpaired) electrons. The molecule has 2 aliphatic rings. The van der Waals surface area contributed by atoms with Crippen molar-refractivity contribution in [2.75, 3.05) is 26.3 Å². The van der Waals surface area contributed by atoms with Gasteiger partial charge in [0.25, 0.3) is 0 Å². The van der Waals surface area contributed by atoms with Crippen LogP contribution >= 0.6 is 0 Å². The molecule has 0 aromatic carbocycles. The van der Waals surface area contributed by atoms with Crippen LogP contribution in [0.3, 0.4) is 0 Å². The van der Waals surface area contributed by atoms with Crippen molar-refractivity contribution < 1.29 is 4.74 Å². The highest BCUT2D eigenvalue weighted by molar-refractivity contribution is 4.88. The van der Waals surface area contributed by atoms with Gasteiger partial charge in [0.15, 0.2) is 0 Å². The lowest BCUT2D eigenvalue weighted by Crippen LogP contribution is -2.58. The molecule has 3 heteroatoms. The summed E-state index contributed by atoms with van der Waals surface area (Å²) in [6.07, 6.45) is 1.22. The molecule has 3 atom stereocenters. The number of nitrogens with one attached hydrogen (secondary N) is 1. The second-order valence-electron chi connectivity index (χ2n) is 4.24. The summed E-state index contributed by atoms with van der Waals surface area (Å²) in [7, 11) is 0. The van der Waals surface area contributed by atoms with E-state index in [1.807, 2.05) is 0 Å². The molecule has 3 nitrogen and oxygen atoms in total. The Hall–Kier alpha value is -0.120. The Morgan fingerprint density at radius 2 is 2.23 bits per heavy atom. The summed E-state index contributed by atoms with van der Waals surface area (Å²) in [5.41, 5.74) is 0. The van der Waals surface area contributed by atoms with Crippen LogP contribution in [0.5, 0.6) is 0 Å². The Balaban J connectivity index is 1.95. The first-order valence-electron chi connectivity index (χ1n) is 5.36. The van der Waals surface area contributed by atoms with Crippen LogP contribution in [0, 0.1) is 0 Å². The number of piperazine rings is 1. The van der Waals surface area contributed by atoms with Gasteiger partial charge >= 0.3 is 0 Å². The monoisotopic (exact) mass is 184 g/mol. The van der Waals surface area contributed by atoms with E-state index in [-0.39, 0.29) is 0 Å². The zero-order valence-corrected chi connectivity index (χ0v) is 8.62. The van der Waals surface area contributed by atoms with Crippen molar-refractivity contribution in [1.29, 1.82) is 0 Å². The lowest BCUT2D eigenvalue weighted by atomic mass is 10.0. The van der Waals surface area contributed by atoms with Crippen LogP contribution in [-0.2, 0) is 4.74 Å². The van der Waals surface area contributed by atoms with Crippen molar-refractivity contribution in [3.05, 3.63) is 0 Å².